The molecule has 340 valence electrons. The third-order valence-electron chi connectivity index (χ3n) is 11.9. The number of hydrogen-bond donors (Lipinski definition) is 3. The molecule has 0 saturated carbocycles. The van der Waals surface area contributed by atoms with Gasteiger partial charge < -0.3 is 58.5 Å². The first-order valence-corrected chi connectivity index (χ1v) is 21.4. The standard InChI is InChI=1S/C45H73N3O12/c1-27(25-46-33(26-49)35(50)31-19-21-48(22-20-31)42(53)60-43(5,6)7)24-45(10,54-13)38(29(3)36-30(4)39(51)59-44(8,9)58-36)57-41-37(34(47(11)12)23-28(2)55-41)56-40(52)32-17-15-14-16-18-32/h14-18,27-29,31,33-35,37-38,41,46,49-50H,19-26H2,1-13H3/t27-,28-,29+,33-,34+,35-,37-,38-,41+,45?/m1/s1. The Morgan fingerprint density at radius 3 is 2.27 bits per heavy atom. The van der Waals surface area contributed by atoms with Crippen molar-refractivity contribution in [3.05, 3.63) is 47.2 Å². The van der Waals surface area contributed by atoms with Crippen molar-refractivity contribution in [1.82, 2.24) is 15.1 Å². The average molecular weight is 848 g/mol. The lowest BCUT2D eigenvalue weighted by atomic mass is 9.80. The maximum atomic E-state index is 13.6. The molecular weight excluding hydrogens is 775 g/mol. The van der Waals surface area contributed by atoms with Gasteiger partial charge in [-0.15, -0.1) is 0 Å². The summed E-state index contributed by atoms with van der Waals surface area (Å²) in [7, 11) is 5.46. The highest BCUT2D eigenvalue weighted by atomic mass is 16.7. The van der Waals surface area contributed by atoms with E-state index in [1.54, 1.807) is 57.0 Å². The second-order valence-corrected chi connectivity index (χ2v) is 18.9. The zero-order valence-electron chi connectivity index (χ0n) is 38.2. The van der Waals surface area contributed by atoms with Gasteiger partial charge in [-0.2, -0.15) is 0 Å². The van der Waals surface area contributed by atoms with Gasteiger partial charge in [-0.1, -0.05) is 32.0 Å². The summed E-state index contributed by atoms with van der Waals surface area (Å²) >= 11 is 0. The number of rotatable bonds is 17. The number of cyclic esters (lactones) is 1. The number of hydrogen-bond acceptors (Lipinski definition) is 14. The van der Waals surface area contributed by atoms with Crippen molar-refractivity contribution >= 4 is 18.0 Å². The normalized spacial score (nSPS) is 26.3. The van der Waals surface area contributed by atoms with E-state index >= 15 is 0 Å². The number of nitrogens with zero attached hydrogens (tertiary/aromatic N) is 2. The van der Waals surface area contributed by atoms with E-state index in [0.29, 0.717) is 62.2 Å². The minimum Gasteiger partial charge on any atom is -0.456 e. The fraction of sp³-hybridized carbons (Fsp3) is 0.756. The molecule has 1 unspecified atom stereocenters. The molecule has 0 radical (unpaired) electrons. The molecule has 3 aliphatic heterocycles. The first kappa shape index (κ1) is 49.3. The molecule has 2 saturated heterocycles. The second-order valence-electron chi connectivity index (χ2n) is 18.9. The van der Waals surface area contributed by atoms with Crippen LogP contribution in [0.2, 0.25) is 0 Å². The van der Waals surface area contributed by atoms with Gasteiger partial charge in [0.1, 0.15) is 11.4 Å². The fourth-order valence-electron chi connectivity index (χ4n) is 8.61. The fourth-order valence-corrected chi connectivity index (χ4v) is 8.61. The number of aliphatic hydroxyl groups is 2. The minimum absolute atomic E-state index is 0.0975. The summed E-state index contributed by atoms with van der Waals surface area (Å²) in [5.74, 6) is -2.67. The van der Waals surface area contributed by atoms with E-state index < -0.39 is 65.5 Å². The molecule has 4 rings (SSSR count). The van der Waals surface area contributed by atoms with Crippen LogP contribution in [0.4, 0.5) is 4.79 Å². The number of likely N-dealkylation sites (tertiary alicyclic amines) is 1. The number of esters is 2. The van der Waals surface area contributed by atoms with Crippen LogP contribution in [0.1, 0.15) is 105 Å². The molecule has 3 N–H and O–H groups in total. The highest BCUT2D eigenvalue weighted by Gasteiger charge is 2.50. The Hall–Kier alpha value is -3.31. The van der Waals surface area contributed by atoms with E-state index in [1.165, 1.54) is 0 Å². The monoisotopic (exact) mass is 848 g/mol. The first-order chi connectivity index (χ1) is 28.0. The van der Waals surface area contributed by atoms with Crippen LogP contribution in [0.25, 0.3) is 0 Å². The van der Waals surface area contributed by atoms with Crippen LogP contribution >= 0.6 is 0 Å². The predicted molar refractivity (Wildman–Crippen MR) is 225 cm³/mol. The van der Waals surface area contributed by atoms with Gasteiger partial charge in [0.25, 0.3) is 0 Å². The van der Waals surface area contributed by atoms with Crippen LogP contribution in [0, 0.1) is 17.8 Å². The Balaban J connectivity index is 1.58. The van der Waals surface area contributed by atoms with Crippen molar-refractivity contribution in [2.24, 2.45) is 17.8 Å². The molecule has 2 fully saturated rings. The van der Waals surface area contributed by atoms with Gasteiger partial charge in [0.05, 0.1) is 53.7 Å². The molecule has 10 atom stereocenters. The Morgan fingerprint density at radius 2 is 1.70 bits per heavy atom. The summed E-state index contributed by atoms with van der Waals surface area (Å²) < 4.78 is 43.7. The molecule has 15 heteroatoms. The third-order valence-corrected chi connectivity index (χ3v) is 11.9. The molecule has 3 heterocycles. The van der Waals surface area contributed by atoms with Crippen molar-refractivity contribution < 1.29 is 57.8 Å². The van der Waals surface area contributed by atoms with Crippen LogP contribution in [-0.4, -0.2) is 145 Å². The van der Waals surface area contributed by atoms with E-state index in [4.69, 9.17) is 33.2 Å². The van der Waals surface area contributed by atoms with Gasteiger partial charge in [-0.3, -0.25) is 0 Å². The second kappa shape index (κ2) is 20.7. The molecule has 1 amide bonds. The van der Waals surface area contributed by atoms with Crippen molar-refractivity contribution in [1.29, 1.82) is 0 Å². The highest BCUT2D eigenvalue weighted by Crippen LogP contribution is 2.41. The largest absolute Gasteiger partial charge is 0.456 e. The van der Waals surface area contributed by atoms with Crippen LogP contribution in [-0.2, 0) is 38.0 Å². The highest BCUT2D eigenvalue weighted by molar-refractivity contribution is 5.90. The molecule has 0 bridgehead atoms. The Morgan fingerprint density at radius 1 is 1.07 bits per heavy atom. The molecule has 60 heavy (non-hydrogen) atoms. The maximum Gasteiger partial charge on any atom is 0.410 e. The molecule has 15 nitrogen and oxygen atoms in total. The summed E-state index contributed by atoms with van der Waals surface area (Å²) in [4.78, 5) is 43.0. The summed E-state index contributed by atoms with van der Waals surface area (Å²) in [6, 6.07) is 7.91. The van der Waals surface area contributed by atoms with Crippen LogP contribution < -0.4 is 5.32 Å². The van der Waals surface area contributed by atoms with Crippen LogP contribution in [0.5, 0.6) is 0 Å². The molecule has 1 aromatic rings. The van der Waals surface area contributed by atoms with Gasteiger partial charge in [0.15, 0.2) is 12.4 Å². The Kier molecular flexibility index (Phi) is 17.0. The zero-order chi connectivity index (χ0) is 44.7. The van der Waals surface area contributed by atoms with Crippen LogP contribution in [0.15, 0.2) is 41.7 Å². The smallest absolute Gasteiger partial charge is 0.410 e. The van der Waals surface area contributed by atoms with Crippen molar-refractivity contribution in [2.45, 2.75) is 155 Å². The number of piperidine rings is 1. The number of nitrogens with one attached hydrogen (secondary N) is 1. The summed E-state index contributed by atoms with van der Waals surface area (Å²) in [5, 5.41) is 25.3. The third kappa shape index (κ3) is 12.9. The van der Waals surface area contributed by atoms with Gasteiger partial charge in [0.2, 0.25) is 5.79 Å². The number of carbonyl (C=O) groups is 3. The Labute approximate surface area is 357 Å². The summed E-state index contributed by atoms with van der Waals surface area (Å²) in [6.45, 7) is 19.4. The molecule has 0 aliphatic carbocycles. The lowest BCUT2D eigenvalue weighted by Crippen LogP contribution is -2.60. The van der Waals surface area contributed by atoms with Crippen LogP contribution in [0.3, 0.4) is 0 Å². The SMILES string of the molecule is COC(C)(C[C@@H](C)CN[C@H](CO)[C@H](O)C1CCN(C(=O)OC(C)(C)C)CC1)[C@H](O[C@@H]1O[C@H](C)C[C@H](N(C)C)[C@H]1OC(=O)c1ccccc1)[C@@H](C)C1=C(C)C(=O)OC(C)(C)O1. The van der Waals surface area contributed by atoms with E-state index in [-0.39, 0.29) is 36.7 Å². The summed E-state index contributed by atoms with van der Waals surface area (Å²) in [6.07, 6.45) is -2.03. The summed E-state index contributed by atoms with van der Waals surface area (Å²) in [5.41, 5.74) is -0.955. The van der Waals surface area contributed by atoms with Crippen molar-refractivity contribution in [3.63, 3.8) is 0 Å². The van der Waals surface area contributed by atoms with E-state index in [9.17, 15) is 24.6 Å². The minimum atomic E-state index is -1.24. The van der Waals surface area contributed by atoms with E-state index in [2.05, 4.69) is 5.32 Å². The maximum absolute atomic E-state index is 13.6. The number of carbonyl (C=O) groups excluding carboxylic acids is 3. The van der Waals surface area contributed by atoms with Crippen molar-refractivity contribution in [2.75, 3.05) is 47.4 Å². The average Bonchev–Trinajstić information content (AvgIpc) is 3.18. The number of likely N-dealkylation sites (N-methyl/N-ethyl adjacent to an activating group) is 1. The van der Waals surface area contributed by atoms with E-state index in [1.807, 2.05) is 73.5 Å². The molecule has 0 aromatic heterocycles. The number of aliphatic hydroxyl groups excluding tert-OH is 2. The zero-order valence-corrected chi connectivity index (χ0v) is 38.2. The lowest BCUT2D eigenvalue weighted by Gasteiger charge is -2.48. The Bertz CT molecular complexity index is 1610. The molecule has 3 aliphatic rings. The number of ether oxygens (including phenoxy) is 7. The van der Waals surface area contributed by atoms with Gasteiger partial charge >= 0.3 is 18.0 Å². The molecule has 1 aromatic carbocycles. The van der Waals surface area contributed by atoms with Gasteiger partial charge in [0, 0.05) is 40.0 Å². The van der Waals surface area contributed by atoms with Gasteiger partial charge in [-0.05, 0) is 112 Å². The van der Waals surface area contributed by atoms with E-state index in [0.717, 1.165) is 0 Å². The predicted octanol–water partition coefficient (Wildman–Crippen LogP) is 5.27. The lowest BCUT2D eigenvalue weighted by molar-refractivity contribution is -0.298. The number of methoxy groups -OCH3 is 1. The molecular formula is C45H73N3O12. The number of amides is 1. The number of benzene rings is 1. The molecule has 0 spiro atoms. The first-order valence-electron chi connectivity index (χ1n) is 21.4. The van der Waals surface area contributed by atoms with Crippen molar-refractivity contribution in [3.8, 4) is 0 Å². The quantitative estimate of drug-likeness (QED) is 0.137. The van der Waals surface area contributed by atoms with Gasteiger partial charge in [-0.25, -0.2) is 14.4 Å². The topological polar surface area (TPSA) is 175 Å².